The number of nitro groups is 1. The van der Waals surface area contributed by atoms with Crippen LogP contribution >= 0.6 is 0 Å². The number of benzene rings is 3. The lowest BCUT2D eigenvalue weighted by molar-refractivity contribution is -0.386. The average Bonchev–Trinajstić information content (AvgIpc) is 3.46. The van der Waals surface area contributed by atoms with Gasteiger partial charge in [-0.05, 0) is 22.3 Å². The van der Waals surface area contributed by atoms with Gasteiger partial charge in [-0.2, -0.15) is 4.98 Å². The van der Waals surface area contributed by atoms with Gasteiger partial charge in [-0.25, -0.2) is 0 Å². The van der Waals surface area contributed by atoms with Gasteiger partial charge in [0, 0.05) is 39.2 Å². The van der Waals surface area contributed by atoms with Crippen molar-refractivity contribution >= 4 is 17.5 Å². The Morgan fingerprint density at radius 3 is 2.15 bits per heavy atom. The first-order valence-electron chi connectivity index (χ1n) is 12.5. The molecule has 200 valence electrons. The zero-order valence-corrected chi connectivity index (χ0v) is 21.4. The third-order valence-electron chi connectivity index (χ3n) is 6.37. The predicted octanol–water partition coefficient (Wildman–Crippen LogP) is 4.47. The Kier molecular flexibility index (Phi) is 7.67. The van der Waals surface area contributed by atoms with Gasteiger partial charge in [-0.3, -0.25) is 14.9 Å². The van der Waals surface area contributed by atoms with Gasteiger partial charge in [-0.1, -0.05) is 60.7 Å². The molecule has 1 saturated heterocycles. The molecule has 1 aliphatic rings. The van der Waals surface area contributed by atoms with Crippen molar-refractivity contribution in [3.05, 3.63) is 94.0 Å². The highest BCUT2D eigenvalue weighted by Gasteiger charge is 2.27. The number of piperazine rings is 1. The van der Waals surface area contributed by atoms with Gasteiger partial charge in [-0.15, -0.1) is 0 Å². The van der Waals surface area contributed by atoms with Crippen LogP contribution in [0.1, 0.15) is 18.1 Å². The van der Waals surface area contributed by atoms with Crippen LogP contribution in [-0.4, -0.2) is 52.1 Å². The number of carbonyl (C=O) groups excluding carboxylic acids is 1. The van der Waals surface area contributed by atoms with Crippen LogP contribution < -0.4 is 14.4 Å². The first-order chi connectivity index (χ1) is 19.0. The number of hydrogen-bond donors (Lipinski definition) is 0. The van der Waals surface area contributed by atoms with E-state index in [1.54, 1.807) is 17.9 Å². The molecular formula is C28H27N5O6. The fourth-order valence-corrected chi connectivity index (χ4v) is 4.25. The van der Waals surface area contributed by atoms with Gasteiger partial charge in [0.25, 0.3) is 11.8 Å². The molecule has 1 fully saturated rings. The van der Waals surface area contributed by atoms with Crippen LogP contribution in [0.2, 0.25) is 0 Å². The fraction of sp³-hybridized carbons (Fsp3) is 0.250. The molecule has 1 aliphatic heterocycles. The topological polar surface area (TPSA) is 124 Å². The molecular weight excluding hydrogens is 502 g/mol. The largest absolute Gasteiger partial charge is 0.485 e. The molecule has 4 aromatic rings. The molecule has 2 heterocycles. The highest BCUT2D eigenvalue weighted by Crippen LogP contribution is 2.42. The summed E-state index contributed by atoms with van der Waals surface area (Å²) >= 11 is 0. The van der Waals surface area contributed by atoms with E-state index in [9.17, 15) is 14.9 Å². The van der Waals surface area contributed by atoms with Crippen molar-refractivity contribution in [3.63, 3.8) is 0 Å². The smallest absolute Gasteiger partial charge is 0.315 e. The second kappa shape index (κ2) is 11.6. The maximum Gasteiger partial charge on any atom is 0.315 e. The van der Waals surface area contributed by atoms with E-state index in [0.717, 1.165) is 11.1 Å². The number of aromatic nitrogens is 2. The molecule has 0 atom stereocenters. The molecule has 0 aliphatic carbocycles. The van der Waals surface area contributed by atoms with Crippen molar-refractivity contribution in [1.29, 1.82) is 0 Å². The molecule has 0 bridgehead atoms. The number of carbonyl (C=O) groups is 1. The van der Waals surface area contributed by atoms with Crippen LogP contribution in [0.4, 0.5) is 11.6 Å². The SMILES string of the molecule is CC(=O)N1CCN(c2noc(-c3cc(OCc4ccccc4)c(OCc4ccccc4)c([N+](=O)[O-])c3)n2)CC1. The van der Waals surface area contributed by atoms with Crippen molar-refractivity contribution in [2.24, 2.45) is 0 Å². The van der Waals surface area contributed by atoms with E-state index < -0.39 is 4.92 Å². The highest BCUT2D eigenvalue weighted by molar-refractivity contribution is 5.73. The molecule has 1 amide bonds. The molecule has 5 rings (SSSR count). The van der Waals surface area contributed by atoms with Crippen LogP contribution in [-0.2, 0) is 18.0 Å². The highest BCUT2D eigenvalue weighted by atomic mass is 16.6. The Morgan fingerprint density at radius 2 is 1.56 bits per heavy atom. The van der Waals surface area contributed by atoms with Crippen molar-refractivity contribution in [3.8, 4) is 23.0 Å². The van der Waals surface area contributed by atoms with Crippen LogP contribution in [0.3, 0.4) is 0 Å². The second-order valence-electron chi connectivity index (χ2n) is 9.02. The predicted molar refractivity (Wildman–Crippen MR) is 142 cm³/mol. The number of anilines is 1. The number of amides is 1. The summed E-state index contributed by atoms with van der Waals surface area (Å²) in [6, 6.07) is 21.8. The third-order valence-corrected chi connectivity index (χ3v) is 6.37. The van der Waals surface area contributed by atoms with Gasteiger partial charge in [0.2, 0.25) is 11.7 Å². The number of nitrogens with zero attached hydrogens (tertiary/aromatic N) is 5. The summed E-state index contributed by atoms with van der Waals surface area (Å²) in [6.07, 6.45) is 0. The maximum atomic E-state index is 12.1. The van der Waals surface area contributed by atoms with Crippen LogP contribution in [0.5, 0.6) is 11.5 Å². The summed E-state index contributed by atoms with van der Waals surface area (Å²) < 4.78 is 17.5. The van der Waals surface area contributed by atoms with Crippen molar-refractivity contribution in [1.82, 2.24) is 15.0 Å². The average molecular weight is 530 g/mol. The lowest BCUT2D eigenvalue weighted by Crippen LogP contribution is -2.48. The molecule has 39 heavy (non-hydrogen) atoms. The molecule has 11 nitrogen and oxygen atoms in total. The Balaban J connectivity index is 1.45. The van der Waals surface area contributed by atoms with Crippen molar-refractivity contribution in [2.75, 3.05) is 31.1 Å². The Bertz CT molecular complexity index is 1440. The van der Waals surface area contributed by atoms with E-state index in [4.69, 9.17) is 14.0 Å². The summed E-state index contributed by atoms with van der Waals surface area (Å²) in [7, 11) is 0. The minimum atomic E-state index is -0.516. The summed E-state index contributed by atoms with van der Waals surface area (Å²) in [5.41, 5.74) is 1.81. The zero-order valence-electron chi connectivity index (χ0n) is 21.4. The van der Waals surface area contributed by atoms with Crippen molar-refractivity contribution < 1.29 is 23.7 Å². The fourth-order valence-electron chi connectivity index (χ4n) is 4.25. The zero-order chi connectivity index (χ0) is 27.2. The molecule has 0 unspecified atom stereocenters. The van der Waals surface area contributed by atoms with Crippen molar-refractivity contribution in [2.45, 2.75) is 20.1 Å². The normalized spacial score (nSPS) is 13.3. The van der Waals surface area contributed by atoms with Gasteiger partial charge < -0.3 is 23.8 Å². The molecule has 3 aromatic carbocycles. The first-order valence-corrected chi connectivity index (χ1v) is 12.5. The van der Waals surface area contributed by atoms with Crippen LogP contribution in [0, 0.1) is 10.1 Å². The summed E-state index contributed by atoms with van der Waals surface area (Å²) in [5.74, 6) is 0.694. The standard InChI is InChI=1S/C28H27N5O6/c1-20(34)31-12-14-32(15-13-31)28-29-27(39-30-28)23-16-24(33(35)36)26(38-19-22-10-6-3-7-11-22)25(17-23)37-18-21-8-4-2-5-9-21/h2-11,16-17H,12-15,18-19H2,1H3. The first kappa shape index (κ1) is 25.7. The summed E-state index contributed by atoms with van der Waals surface area (Å²) in [6.45, 7) is 4.05. The second-order valence-corrected chi connectivity index (χ2v) is 9.02. The van der Waals surface area contributed by atoms with E-state index in [1.165, 1.54) is 6.07 Å². The van der Waals surface area contributed by atoms with E-state index in [0.29, 0.717) is 37.7 Å². The molecule has 0 spiro atoms. The maximum absolute atomic E-state index is 12.1. The number of rotatable bonds is 9. The molecule has 11 heteroatoms. The lowest BCUT2D eigenvalue weighted by atomic mass is 10.1. The monoisotopic (exact) mass is 529 g/mol. The van der Waals surface area contributed by atoms with Gasteiger partial charge in [0.15, 0.2) is 5.75 Å². The lowest BCUT2D eigenvalue weighted by Gasteiger charge is -2.33. The van der Waals surface area contributed by atoms with E-state index >= 15 is 0 Å². The Labute approximate surface area is 224 Å². The van der Waals surface area contributed by atoms with Gasteiger partial charge in [0.05, 0.1) is 10.5 Å². The molecule has 1 aromatic heterocycles. The molecule has 0 N–H and O–H groups in total. The Hall–Kier alpha value is -4.93. The van der Waals surface area contributed by atoms with Gasteiger partial charge in [0.1, 0.15) is 13.2 Å². The number of nitro benzene ring substituents is 1. The van der Waals surface area contributed by atoms with E-state index in [1.807, 2.05) is 65.6 Å². The van der Waals surface area contributed by atoms with E-state index in [-0.39, 0.29) is 42.2 Å². The Morgan fingerprint density at radius 1 is 0.949 bits per heavy atom. The number of ether oxygens (including phenoxy) is 2. The molecule has 0 radical (unpaired) electrons. The van der Waals surface area contributed by atoms with Gasteiger partial charge >= 0.3 is 5.69 Å². The minimum absolute atomic E-state index is 0.0172. The van der Waals surface area contributed by atoms with Crippen LogP contribution in [0.25, 0.3) is 11.5 Å². The quantitative estimate of drug-likeness (QED) is 0.228. The number of hydrogen-bond acceptors (Lipinski definition) is 9. The summed E-state index contributed by atoms with van der Waals surface area (Å²) in [4.78, 5) is 31.4. The van der Waals surface area contributed by atoms with Crippen LogP contribution in [0.15, 0.2) is 77.3 Å². The molecule has 0 saturated carbocycles. The minimum Gasteiger partial charge on any atom is -0.485 e. The summed E-state index contributed by atoms with van der Waals surface area (Å²) in [5, 5.41) is 16.2. The van der Waals surface area contributed by atoms with E-state index in [2.05, 4.69) is 10.1 Å². The third kappa shape index (κ3) is 6.15.